The predicted octanol–water partition coefficient (Wildman–Crippen LogP) is 2.14. The number of rotatable bonds is 4. The van der Waals surface area contributed by atoms with Crippen molar-refractivity contribution in [2.45, 2.75) is 39.2 Å². The first-order valence-electron chi connectivity index (χ1n) is 9.12. The summed E-state index contributed by atoms with van der Waals surface area (Å²) in [6.07, 6.45) is 3.58. The Morgan fingerprint density at radius 1 is 1.20 bits per heavy atom. The van der Waals surface area contributed by atoms with Crippen molar-refractivity contribution in [2.75, 3.05) is 13.1 Å². The average molecular weight is 340 g/mol. The van der Waals surface area contributed by atoms with Gasteiger partial charge in [0.15, 0.2) is 0 Å². The van der Waals surface area contributed by atoms with E-state index in [2.05, 4.69) is 15.3 Å². The Morgan fingerprint density at radius 3 is 2.64 bits per heavy atom. The number of piperidine rings is 1. The van der Waals surface area contributed by atoms with E-state index in [0.29, 0.717) is 19.6 Å². The highest BCUT2D eigenvalue weighted by molar-refractivity contribution is 5.82. The lowest BCUT2D eigenvalue weighted by Crippen LogP contribution is -2.43. The zero-order valence-electron chi connectivity index (χ0n) is 14.5. The number of nitrogens with zero attached hydrogens (tertiary/aromatic N) is 2. The van der Waals surface area contributed by atoms with Gasteiger partial charge in [0, 0.05) is 24.9 Å². The Morgan fingerprint density at radius 2 is 1.96 bits per heavy atom. The minimum Gasteiger partial charge on any atom is -0.349 e. The maximum Gasteiger partial charge on any atom is 0.225 e. The van der Waals surface area contributed by atoms with Gasteiger partial charge >= 0.3 is 0 Å². The molecule has 1 aliphatic carbocycles. The third-order valence-corrected chi connectivity index (χ3v) is 5.30. The van der Waals surface area contributed by atoms with E-state index >= 15 is 0 Å². The molecule has 132 valence electrons. The van der Waals surface area contributed by atoms with Crippen molar-refractivity contribution in [3.05, 3.63) is 29.6 Å². The SMILES string of the molecule is Cc1cccc2[nH]c(CNC(=O)C3CCN(C(=O)C4CC4)CC3)nc12. The molecule has 2 aliphatic rings. The van der Waals surface area contributed by atoms with E-state index in [0.717, 1.165) is 48.1 Å². The Bertz CT molecular complexity index is 801. The maximum atomic E-state index is 12.4. The lowest BCUT2D eigenvalue weighted by molar-refractivity contribution is -0.136. The summed E-state index contributed by atoms with van der Waals surface area (Å²) >= 11 is 0. The van der Waals surface area contributed by atoms with Gasteiger partial charge in [-0.15, -0.1) is 0 Å². The highest BCUT2D eigenvalue weighted by Gasteiger charge is 2.35. The number of aryl methyl sites for hydroxylation is 1. The molecule has 1 saturated carbocycles. The van der Waals surface area contributed by atoms with Gasteiger partial charge in [-0.2, -0.15) is 0 Å². The Hall–Kier alpha value is -2.37. The van der Waals surface area contributed by atoms with Crippen LogP contribution in [0.2, 0.25) is 0 Å². The molecule has 2 heterocycles. The quantitative estimate of drug-likeness (QED) is 0.895. The normalized spacial score (nSPS) is 18.5. The molecular formula is C19H24N4O2. The summed E-state index contributed by atoms with van der Waals surface area (Å²) in [5, 5.41) is 2.99. The van der Waals surface area contributed by atoms with E-state index in [9.17, 15) is 9.59 Å². The summed E-state index contributed by atoms with van der Waals surface area (Å²) in [7, 11) is 0. The fourth-order valence-electron chi connectivity index (χ4n) is 3.58. The number of hydrogen-bond acceptors (Lipinski definition) is 3. The molecule has 0 radical (unpaired) electrons. The van der Waals surface area contributed by atoms with Crippen LogP contribution in [0.3, 0.4) is 0 Å². The van der Waals surface area contributed by atoms with Crippen LogP contribution < -0.4 is 5.32 Å². The highest BCUT2D eigenvalue weighted by Crippen LogP contribution is 2.32. The lowest BCUT2D eigenvalue weighted by atomic mass is 9.95. The predicted molar refractivity (Wildman–Crippen MR) is 94.7 cm³/mol. The minimum atomic E-state index is -0.00522. The van der Waals surface area contributed by atoms with Gasteiger partial charge in [0.1, 0.15) is 5.82 Å². The van der Waals surface area contributed by atoms with Crippen LogP contribution in [0.25, 0.3) is 11.0 Å². The number of para-hydroxylation sites is 1. The third-order valence-electron chi connectivity index (χ3n) is 5.30. The lowest BCUT2D eigenvalue weighted by Gasteiger charge is -2.31. The number of amides is 2. The van der Waals surface area contributed by atoms with Gasteiger partial charge in [0.05, 0.1) is 17.6 Å². The van der Waals surface area contributed by atoms with E-state index in [1.54, 1.807) is 0 Å². The average Bonchev–Trinajstić information content (AvgIpc) is 3.39. The molecular weight excluding hydrogens is 316 g/mol. The summed E-state index contributed by atoms with van der Waals surface area (Å²) in [4.78, 5) is 34.3. The van der Waals surface area contributed by atoms with Gasteiger partial charge in [-0.1, -0.05) is 12.1 Å². The van der Waals surface area contributed by atoms with Crippen LogP contribution in [0.1, 0.15) is 37.1 Å². The van der Waals surface area contributed by atoms with Crippen LogP contribution in [0.5, 0.6) is 0 Å². The second kappa shape index (κ2) is 6.50. The topological polar surface area (TPSA) is 78.1 Å². The molecule has 0 spiro atoms. The molecule has 0 atom stereocenters. The Kier molecular flexibility index (Phi) is 4.19. The van der Waals surface area contributed by atoms with Crippen molar-refractivity contribution >= 4 is 22.8 Å². The Labute approximate surface area is 147 Å². The molecule has 0 bridgehead atoms. The smallest absolute Gasteiger partial charge is 0.225 e. The van der Waals surface area contributed by atoms with E-state index in [4.69, 9.17) is 0 Å². The molecule has 6 heteroatoms. The number of imidazole rings is 1. The Balaban J connectivity index is 1.30. The van der Waals surface area contributed by atoms with Gasteiger partial charge in [0.2, 0.25) is 11.8 Å². The number of carbonyl (C=O) groups is 2. The molecule has 1 aromatic heterocycles. The second-order valence-electron chi connectivity index (χ2n) is 7.25. The number of carbonyl (C=O) groups excluding carboxylic acids is 2. The molecule has 2 N–H and O–H groups in total. The van der Waals surface area contributed by atoms with E-state index < -0.39 is 0 Å². The molecule has 1 aliphatic heterocycles. The standard InChI is InChI=1S/C19H24N4O2/c1-12-3-2-4-15-17(12)22-16(21-15)11-20-18(24)13-7-9-23(10-8-13)19(25)14-5-6-14/h2-4,13-14H,5-11H2,1H3,(H,20,24)(H,21,22). The van der Waals surface area contributed by atoms with E-state index in [1.807, 2.05) is 30.0 Å². The highest BCUT2D eigenvalue weighted by atomic mass is 16.2. The second-order valence-corrected chi connectivity index (χ2v) is 7.25. The number of hydrogen-bond donors (Lipinski definition) is 2. The number of H-pyrrole nitrogens is 1. The van der Waals surface area contributed by atoms with Gasteiger partial charge in [0.25, 0.3) is 0 Å². The summed E-state index contributed by atoms with van der Waals surface area (Å²) in [5.74, 6) is 1.39. The third kappa shape index (κ3) is 3.38. The summed E-state index contributed by atoms with van der Waals surface area (Å²) in [6.45, 7) is 3.85. The van der Waals surface area contributed by atoms with Gasteiger partial charge in [-0.25, -0.2) is 4.98 Å². The van der Waals surface area contributed by atoms with E-state index in [-0.39, 0.29) is 23.7 Å². The van der Waals surface area contributed by atoms with Gasteiger partial charge < -0.3 is 15.2 Å². The van der Waals surface area contributed by atoms with Gasteiger partial charge in [-0.05, 0) is 44.2 Å². The van der Waals surface area contributed by atoms with Crippen LogP contribution in [0.4, 0.5) is 0 Å². The van der Waals surface area contributed by atoms with Crippen LogP contribution in [0.15, 0.2) is 18.2 Å². The summed E-state index contributed by atoms with van der Waals surface area (Å²) in [5.41, 5.74) is 3.08. The molecule has 2 aromatic rings. The first kappa shape index (κ1) is 16.1. The first-order valence-corrected chi connectivity index (χ1v) is 9.12. The van der Waals surface area contributed by atoms with Crippen molar-refractivity contribution in [2.24, 2.45) is 11.8 Å². The van der Waals surface area contributed by atoms with Crippen LogP contribution in [0, 0.1) is 18.8 Å². The van der Waals surface area contributed by atoms with Crippen LogP contribution >= 0.6 is 0 Å². The molecule has 2 amide bonds. The van der Waals surface area contributed by atoms with E-state index in [1.165, 1.54) is 0 Å². The minimum absolute atomic E-state index is 0.00522. The molecule has 2 fully saturated rings. The molecule has 1 aromatic carbocycles. The van der Waals surface area contributed by atoms with Crippen LogP contribution in [-0.4, -0.2) is 39.8 Å². The van der Waals surface area contributed by atoms with Crippen LogP contribution in [-0.2, 0) is 16.1 Å². The molecule has 0 unspecified atom stereocenters. The zero-order valence-corrected chi connectivity index (χ0v) is 14.5. The number of likely N-dealkylation sites (tertiary alicyclic amines) is 1. The number of nitrogens with one attached hydrogen (secondary N) is 2. The first-order chi connectivity index (χ1) is 12.1. The number of aromatic amines is 1. The molecule has 4 rings (SSSR count). The van der Waals surface area contributed by atoms with Crippen molar-refractivity contribution in [3.8, 4) is 0 Å². The zero-order chi connectivity index (χ0) is 17.4. The molecule has 1 saturated heterocycles. The maximum absolute atomic E-state index is 12.4. The van der Waals surface area contributed by atoms with Crippen molar-refractivity contribution < 1.29 is 9.59 Å². The number of fused-ring (bicyclic) bond motifs is 1. The van der Waals surface area contributed by atoms with Crippen molar-refractivity contribution in [3.63, 3.8) is 0 Å². The van der Waals surface area contributed by atoms with Crippen molar-refractivity contribution in [1.82, 2.24) is 20.2 Å². The largest absolute Gasteiger partial charge is 0.349 e. The molecule has 25 heavy (non-hydrogen) atoms. The van der Waals surface area contributed by atoms with Crippen molar-refractivity contribution in [1.29, 1.82) is 0 Å². The fourth-order valence-corrected chi connectivity index (χ4v) is 3.58. The van der Waals surface area contributed by atoms with Gasteiger partial charge in [-0.3, -0.25) is 9.59 Å². The monoisotopic (exact) mass is 340 g/mol. The fraction of sp³-hybridized carbons (Fsp3) is 0.526. The molecule has 6 nitrogen and oxygen atoms in total. The number of benzene rings is 1. The summed E-state index contributed by atoms with van der Waals surface area (Å²) in [6, 6.07) is 6.02. The summed E-state index contributed by atoms with van der Waals surface area (Å²) < 4.78 is 0. The number of aromatic nitrogens is 2.